The Morgan fingerprint density at radius 2 is 2.08 bits per heavy atom. The van der Waals surface area contributed by atoms with Gasteiger partial charge in [0, 0.05) is 0 Å². The zero-order chi connectivity index (χ0) is 9.78. The van der Waals surface area contributed by atoms with Crippen molar-refractivity contribution in [1.29, 1.82) is 0 Å². The van der Waals surface area contributed by atoms with Gasteiger partial charge in [-0.3, -0.25) is 0 Å². The minimum absolute atomic E-state index is 0.287. The Morgan fingerprint density at radius 1 is 1.58 bits per heavy atom. The topological polar surface area (TPSA) is 46.5 Å². The molecule has 0 spiro atoms. The highest BCUT2D eigenvalue weighted by molar-refractivity contribution is 6.18. The van der Waals surface area contributed by atoms with Gasteiger partial charge in [0.1, 0.15) is 12.7 Å². The zero-order valence-corrected chi connectivity index (χ0v) is 6.52. The number of carbonyl (C=O) groups excluding carboxylic acids is 1. The van der Waals surface area contributed by atoms with E-state index in [1.165, 1.54) is 0 Å². The molecule has 0 aromatic rings. The fraction of sp³-hybridized carbons (Fsp3) is 0.800. The number of hydrogen-bond acceptors (Lipinski definition) is 3. The van der Waals surface area contributed by atoms with E-state index in [2.05, 4.69) is 4.74 Å². The molecule has 12 heavy (non-hydrogen) atoms. The summed E-state index contributed by atoms with van der Waals surface area (Å²) in [5.74, 6) is -2.61. The smallest absolute Gasteiger partial charge is 0.456 e. The fourth-order valence-electron chi connectivity index (χ4n) is 0.298. The van der Waals surface area contributed by atoms with Gasteiger partial charge in [-0.2, -0.15) is 13.2 Å². The van der Waals surface area contributed by atoms with E-state index >= 15 is 0 Å². The number of aliphatic hydroxyl groups is 1. The molecular weight excluding hydrogens is 200 g/mol. The molecule has 0 aliphatic carbocycles. The van der Waals surface area contributed by atoms with Crippen LogP contribution >= 0.6 is 11.6 Å². The zero-order valence-electron chi connectivity index (χ0n) is 5.77. The molecule has 0 saturated carbocycles. The van der Waals surface area contributed by atoms with Crippen molar-refractivity contribution in [2.24, 2.45) is 0 Å². The molecule has 0 bridgehead atoms. The second-order valence-electron chi connectivity index (χ2n) is 1.90. The van der Waals surface area contributed by atoms with Crippen LogP contribution in [0.5, 0.6) is 0 Å². The third-order valence-electron chi connectivity index (χ3n) is 0.816. The third-order valence-corrected chi connectivity index (χ3v) is 1.17. The van der Waals surface area contributed by atoms with E-state index in [-0.39, 0.29) is 5.88 Å². The van der Waals surface area contributed by atoms with Crippen molar-refractivity contribution >= 4 is 17.6 Å². The van der Waals surface area contributed by atoms with E-state index in [0.717, 1.165) is 0 Å². The van der Waals surface area contributed by atoms with Gasteiger partial charge in [-0.15, -0.1) is 11.6 Å². The number of alkyl halides is 4. The highest BCUT2D eigenvalue weighted by atomic mass is 35.5. The Balaban J connectivity index is 3.73. The van der Waals surface area contributed by atoms with Crippen LogP contribution in [0.25, 0.3) is 0 Å². The molecule has 0 heterocycles. The summed E-state index contributed by atoms with van der Waals surface area (Å²) in [5, 5.41) is 8.60. The maximum Gasteiger partial charge on any atom is 0.490 e. The van der Waals surface area contributed by atoms with Crippen LogP contribution in [0.4, 0.5) is 13.2 Å². The number of carbonyl (C=O) groups is 1. The number of ether oxygens (including phenoxy) is 1. The van der Waals surface area contributed by atoms with Crippen LogP contribution in [-0.4, -0.2) is 35.8 Å². The summed E-state index contributed by atoms with van der Waals surface area (Å²) in [4.78, 5) is 9.98. The highest BCUT2D eigenvalue weighted by Crippen LogP contribution is 2.16. The minimum Gasteiger partial charge on any atom is -0.456 e. The predicted molar refractivity (Wildman–Crippen MR) is 33.7 cm³/mol. The Morgan fingerprint density at radius 3 is 2.42 bits per heavy atom. The molecule has 0 radical (unpaired) electrons. The monoisotopic (exact) mass is 206 g/mol. The molecule has 72 valence electrons. The standard InChI is InChI=1S/C5H6ClF3O3/c6-1-3(10)2-12-4(11)5(7,8)9/h3,10H,1-2H2. The second-order valence-corrected chi connectivity index (χ2v) is 2.21. The van der Waals surface area contributed by atoms with E-state index in [1.54, 1.807) is 0 Å². The van der Waals surface area contributed by atoms with Crippen LogP contribution in [0.2, 0.25) is 0 Å². The maximum atomic E-state index is 11.4. The van der Waals surface area contributed by atoms with Gasteiger partial charge < -0.3 is 9.84 Å². The minimum atomic E-state index is -5.02. The van der Waals surface area contributed by atoms with Crippen molar-refractivity contribution in [3.8, 4) is 0 Å². The molecule has 0 fully saturated rings. The van der Waals surface area contributed by atoms with Gasteiger partial charge in [0.15, 0.2) is 0 Å². The first-order chi connectivity index (χ1) is 5.38. The Hall–Kier alpha value is -0.490. The largest absolute Gasteiger partial charge is 0.490 e. The molecule has 0 aromatic heterocycles. The molecular formula is C5H6ClF3O3. The quantitative estimate of drug-likeness (QED) is 0.546. The van der Waals surface area contributed by atoms with Crippen molar-refractivity contribution in [3.63, 3.8) is 0 Å². The van der Waals surface area contributed by atoms with Gasteiger partial charge in [0.25, 0.3) is 0 Å². The summed E-state index contributed by atoms with van der Waals surface area (Å²) in [7, 11) is 0. The van der Waals surface area contributed by atoms with E-state index in [9.17, 15) is 18.0 Å². The summed E-state index contributed by atoms with van der Waals surface area (Å²) in [5.41, 5.74) is 0. The number of aliphatic hydroxyl groups excluding tert-OH is 1. The summed E-state index contributed by atoms with van der Waals surface area (Å²) in [6.07, 6.45) is -6.29. The molecule has 0 aromatic carbocycles. The van der Waals surface area contributed by atoms with E-state index < -0.39 is 24.9 Å². The first-order valence-electron chi connectivity index (χ1n) is 2.86. The number of esters is 1. The van der Waals surface area contributed by atoms with Crippen LogP contribution < -0.4 is 0 Å². The molecule has 3 nitrogen and oxygen atoms in total. The Kier molecular flexibility index (Phi) is 4.33. The average molecular weight is 207 g/mol. The van der Waals surface area contributed by atoms with Gasteiger partial charge in [0.2, 0.25) is 0 Å². The van der Waals surface area contributed by atoms with Gasteiger partial charge in [-0.05, 0) is 0 Å². The lowest BCUT2D eigenvalue weighted by Crippen LogP contribution is -2.29. The lowest BCUT2D eigenvalue weighted by atomic mass is 10.4. The average Bonchev–Trinajstić information content (AvgIpc) is 1.97. The van der Waals surface area contributed by atoms with E-state index in [0.29, 0.717) is 0 Å². The Bertz CT molecular complexity index is 159. The van der Waals surface area contributed by atoms with Gasteiger partial charge in [0.05, 0.1) is 5.88 Å². The summed E-state index contributed by atoms with van der Waals surface area (Å²) < 4.78 is 37.9. The Labute approximate surface area is 71.1 Å². The van der Waals surface area contributed by atoms with Crippen LogP contribution in [-0.2, 0) is 9.53 Å². The molecule has 7 heteroatoms. The van der Waals surface area contributed by atoms with Gasteiger partial charge in [-0.25, -0.2) is 4.79 Å². The number of halogens is 4. The molecule has 0 saturated heterocycles. The molecule has 0 amide bonds. The first kappa shape index (κ1) is 11.5. The SMILES string of the molecule is O=C(OCC(O)CCl)C(F)(F)F. The van der Waals surface area contributed by atoms with Crippen molar-refractivity contribution < 1.29 is 27.8 Å². The molecule has 0 aliphatic heterocycles. The van der Waals surface area contributed by atoms with Crippen molar-refractivity contribution in [1.82, 2.24) is 0 Å². The molecule has 0 rings (SSSR count). The molecule has 1 unspecified atom stereocenters. The summed E-state index contributed by atoms with van der Waals surface area (Å²) in [6.45, 7) is -0.748. The van der Waals surface area contributed by atoms with Crippen LogP contribution in [0.15, 0.2) is 0 Å². The van der Waals surface area contributed by atoms with Crippen LogP contribution in [0, 0.1) is 0 Å². The predicted octanol–water partition coefficient (Wildman–Crippen LogP) is 0.692. The van der Waals surface area contributed by atoms with Crippen molar-refractivity contribution in [2.45, 2.75) is 12.3 Å². The van der Waals surface area contributed by atoms with Gasteiger partial charge >= 0.3 is 12.1 Å². The van der Waals surface area contributed by atoms with Crippen LogP contribution in [0.3, 0.4) is 0 Å². The second kappa shape index (κ2) is 4.51. The first-order valence-corrected chi connectivity index (χ1v) is 3.39. The summed E-state index contributed by atoms with van der Waals surface area (Å²) >= 11 is 5.03. The van der Waals surface area contributed by atoms with E-state index in [1.807, 2.05) is 0 Å². The number of hydrogen-bond donors (Lipinski definition) is 1. The fourth-order valence-corrected chi connectivity index (χ4v) is 0.387. The number of rotatable bonds is 3. The maximum absolute atomic E-state index is 11.4. The summed E-state index contributed by atoms with van der Waals surface area (Å²) in [6, 6.07) is 0. The normalized spacial score (nSPS) is 14.1. The molecule has 1 atom stereocenters. The van der Waals surface area contributed by atoms with E-state index in [4.69, 9.17) is 16.7 Å². The van der Waals surface area contributed by atoms with Crippen molar-refractivity contribution in [2.75, 3.05) is 12.5 Å². The lowest BCUT2D eigenvalue weighted by molar-refractivity contribution is -0.201. The van der Waals surface area contributed by atoms with Gasteiger partial charge in [-0.1, -0.05) is 0 Å². The molecule has 1 N–H and O–H groups in total. The lowest BCUT2D eigenvalue weighted by Gasteiger charge is -2.09. The van der Waals surface area contributed by atoms with Crippen molar-refractivity contribution in [3.05, 3.63) is 0 Å². The molecule has 0 aliphatic rings. The highest BCUT2D eigenvalue weighted by Gasteiger charge is 2.41. The third kappa shape index (κ3) is 4.40. The van der Waals surface area contributed by atoms with Crippen LogP contribution in [0.1, 0.15) is 0 Å².